The molecule has 1 unspecified atom stereocenters. The van der Waals surface area contributed by atoms with Crippen molar-refractivity contribution in [3.05, 3.63) is 131 Å². The number of aromatic carboxylic acids is 1. The number of aromatic nitrogens is 2. The number of rotatable bonds is 9. The molecule has 0 bridgehead atoms. The Balaban J connectivity index is 1.52. The number of hydrogen-bond donors (Lipinski definition) is 2. The lowest BCUT2D eigenvalue weighted by Crippen LogP contribution is -2.26. The van der Waals surface area contributed by atoms with E-state index in [-0.39, 0.29) is 5.56 Å². The molecule has 7 nitrogen and oxygen atoms in total. The van der Waals surface area contributed by atoms with Crippen molar-refractivity contribution in [1.82, 2.24) is 14.7 Å². The summed E-state index contributed by atoms with van der Waals surface area (Å²) in [6.45, 7) is 4.47. The fourth-order valence-corrected chi connectivity index (χ4v) is 4.84. The molecule has 0 aliphatic carbocycles. The van der Waals surface area contributed by atoms with Crippen molar-refractivity contribution in [2.45, 2.75) is 39.3 Å². The van der Waals surface area contributed by atoms with Crippen molar-refractivity contribution in [1.29, 1.82) is 0 Å². The van der Waals surface area contributed by atoms with Gasteiger partial charge in [-0.1, -0.05) is 92.2 Å². The number of alkyl carbamates (subject to hydrolysis) is 1. The molecule has 2 N–H and O–H groups in total. The van der Waals surface area contributed by atoms with Gasteiger partial charge in [-0.3, -0.25) is 4.40 Å². The van der Waals surface area contributed by atoms with Crippen LogP contribution in [0.5, 0.6) is 0 Å². The number of pyridine rings is 1. The second kappa shape index (κ2) is 11.9. The monoisotopic (exact) mass is 533 g/mol. The number of carboxylic acid groups (broad SMARTS) is 1. The SMILES string of the molecule is CCCc1cn2c(C(OC(=O)NCc3ccccc3)c3ccc(-c4ccccc4C(=O)O)cc3)ccc(C)c2n1. The number of nitrogens with zero attached hydrogens (tertiary/aromatic N) is 2. The number of carbonyl (C=O) groups excluding carboxylic acids is 1. The van der Waals surface area contributed by atoms with Crippen molar-refractivity contribution in [2.75, 3.05) is 0 Å². The van der Waals surface area contributed by atoms with Crippen molar-refractivity contribution in [3.63, 3.8) is 0 Å². The second-order valence-electron chi connectivity index (χ2n) is 9.71. The predicted molar refractivity (Wildman–Crippen MR) is 154 cm³/mol. The molecule has 7 heteroatoms. The van der Waals surface area contributed by atoms with E-state index < -0.39 is 18.2 Å². The van der Waals surface area contributed by atoms with E-state index >= 15 is 0 Å². The molecule has 5 aromatic rings. The number of carbonyl (C=O) groups is 2. The quantitative estimate of drug-likeness (QED) is 0.213. The van der Waals surface area contributed by atoms with E-state index in [4.69, 9.17) is 9.72 Å². The van der Waals surface area contributed by atoms with Gasteiger partial charge in [0.1, 0.15) is 5.65 Å². The van der Waals surface area contributed by atoms with Crippen molar-refractivity contribution < 1.29 is 19.4 Å². The minimum Gasteiger partial charge on any atom is -0.478 e. The molecule has 40 heavy (non-hydrogen) atoms. The molecular formula is C33H31N3O4. The molecule has 0 radical (unpaired) electrons. The van der Waals surface area contributed by atoms with Crippen LogP contribution in [0.1, 0.15) is 57.9 Å². The Hall–Kier alpha value is -4.91. The summed E-state index contributed by atoms with van der Waals surface area (Å²) in [6, 6.07) is 28.0. The standard InChI is InChI=1S/C33H31N3O4/c1-3-9-26-21-36-29(19-14-22(2)31(36)35-26)30(40-33(39)34-20-23-10-5-4-6-11-23)25-17-15-24(16-18-25)27-12-7-8-13-28(27)32(37)38/h4-8,10-19,21,30H,3,9,20H2,1-2H3,(H,34,39)(H,37,38). The number of amides is 1. The van der Waals surface area contributed by atoms with Gasteiger partial charge in [0, 0.05) is 12.7 Å². The topological polar surface area (TPSA) is 92.9 Å². The van der Waals surface area contributed by atoms with E-state index in [2.05, 4.69) is 12.2 Å². The van der Waals surface area contributed by atoms with E-state index in [0.717, 1.165) is 52.1 Å². The molecule has 0 aliphatic heterocycles. The zero-order valence-corrected chi connectivity index (χ0v) is 22.5. The molecule has 1 amide bonds. The van der Waals surface area contributed by atoms with Crippen LogP contribution < -0.4 is 5.32 Å². The van der Waals surface area contributed by atoms with E-state index in [1.807, 2.05) is 90.3 Å². The number of aryl methyl sites for hydroxylation is 2. The number of carboxylic acids is 1. The van der Waals surface area contributed by atoms with Crippen LogP contribution in [0.15, 0.2) is 97.2 Å². The van der Waals surface area contributed by atoms with Crippen LogP contribution in [0.4, 0.5) is 4.79 Å². The molecule has 0 saturated heterocycles. The molecule has 0 spiro atoms. The maximum atomic E-state index is 13.1. The van der Waals surface area contributed by atoms with Gasteiger partial charge in [0.15, 0.2) is 6.10 Å². The van der Waals surface area contributed by atoms with Crippen LogP contribution in [0.25, 0.3) is 16.8 Å². The van der Waals surface area contributed by atoms with Gasteiger partial charge in [0.2, 0.25) is 0 Å². The second-order valence-corrected chi connectivity index (χ2v) is 9.71. The number of ether oxygens (including phenoxy) is 1. The van der Waals surface area contributed by atoms with Crippen LogP contribution in [-0.4, -0.2) is 26.6 Å². The van der Waals surface area contributed by atoms with Crippen LogP contribution in [-0.2, 0) is 17.7 Å². The molecule has 0 fully saturated rings. The number of hydrogen-bond acceptors (Lipinski definition) is 4. The van der Waals surface area contributed by atoms with E-state index in [1.54, 1.807) is 18.2 Å². The van der Waals surface area contributed by atoms with Gasteiger partial charge in [-0.2, -0.15) is 0 Å². The summed E-state index contributed by atoms with van der Waals surface area (Å²) in [5.41, 5.74) is 6.93. The van der Waals surface area contributed by atoms with Crippen molar-refractivity contribution in [3.8, 4) is 11.1 Å². The number of nitrogens with one attached hydrogen (secondary N) is 1. The zero-order chi connectivity index (χ0) is 28.1. The largest absolute Gasteiger partial charge is 0.478 e. The van der Waals surface area contributed by atoms with Gasteiger partial charge in [-0.25, -0.2) is 14.6 Å². The lowest BCUT2D eigenvalue weighted by atomic mass is 9.97. The highest BCUT2D eigenvalue weighted by Crippen LogP contribution is 2.31. The van der Waals surface area contributed by atoms with E-state index in [1.165, 1.54) is 0 Å². The first-order valence-corrected chi connectivity index (χ1v) is 13.3. The molecule has 3 aromatic carbocycles. The van der Waals surface area contributed by atoms with Crippen LogP contribution in [0, 0.1) is 6.92 Å². The number of benzene rings is 3. The Bertz CT molecular complexity index is 1640. The van der Waals surface area contributed by atoms with Crippen molar-refractivity contribution >= 4 is 17.7 Å². The highest BCUT2D eigenvalue weighted by atomic mass is 16.6. The van der Waals surface area contributed by atoms with Crippen LogP contribution in [0.2, 0.25) is 0 Å². The highest BCUT2D eigenvalue weighted by molar-refractivity contribution is 5.96. The third-order valence-corrected chi connectivity index (χ3v) is 6.85. The average molecular weight is 534 g/mol. The normalized spacial score (nSPS) is 11.8. The fourth-order valence-electron chi connectivity index (χ4n) is 4.84. The Kier molecular flexibility index (Phi) is 7.92. The van der Waals surface area contributed by atoms with Gasteiger partial charge >= 0.3 is 12.1 Å². The highest BCUT2D eigenvalue weighted by Gasteiger charge is 2.23. The lowest BCUT2D eigenvalue weighted by Gasteiger charge is -2.21. The molecule has 1 atom stereocenters. The third kappa shape index (κ3) is 5.73. The molecular weight excluding hydrogens is 502 g/mol. The lowest BCUT2D eigenvalue weighted by molar-refractivity contribution is 0.0697. The van der Waals surface area contributed by atoms with Gasteiger partial charge in [-0.15, -0.1) is 0 Å². The number of fused-ring (bicyclic) bond motifs is 1. The first-order valence-electron chi connectivity index (χ1n) is 13.3. The van der Waals surface area contributed by atoms with Gasteiger partial charge in [0.25, 0.3) is 0 Å². The fraction of sp³-hybridized carbons (Fsp3) is 0.182. The summed E-state index contributed by atoms with van der Waals surface area (Å²) < 4.78 is 8.08. The van der Waals surface area contributed by atoms with E-state index in [0.29, 0.717) is 12.1 Å². The smallest absolute Gasteiger partial charge is 0.408 e. The van der Waals surface area contributed by atoms with Gasteiger partial charge in [0.05, 0.1) is 17.0 Å². The van der Waals surface area contributed by atoms with Crippen LogP contribution >= 0.6 is 0 Å². The molecule has 0 aliphatic rings. The average Bonchev–Trinajstić information content (AvgIpc) is 3.41. The minimum atomic E-state index is -0.985. The van der Waals surface area contributed by atoms with Crippen LogP contribution in [0.3, 0.4) is 0 Å². The summed E-state index contributed by atoms with van der Waals surface area (Å²) in [7, 11) is 0. The first kappa shape index (κ1) is 26.7. The summed E-state index contributed by atoms with van der Waals surface area (Å²) >= 11 is 0. The Morgan fingerprint density at radius 3 is 2.40 bits per heavy atom. The summed E-state index contributed by atoms with van der Waals surface area (Å²) in [5.74, 6) is -0.985. The maximum absolute atomic E-state index is 13.1. The molecule has 5 rings (SSSR count). The van der Waals surface area contributed by atoms with Crippen molar-refractivity contribution in [2.24, 2.45) is 0 Å². The Labute approximate surface area is 233 Å². The number of imidazole rings is 1. The van der Waals surface area contributed by atoms with E-state index in [9.17, 15) is 14.7 Å². The van der Waals surface area contributed by atoms with Gasteiger partial charge < -0.3 is 15.2 Å². The minimum absolute atomic E-state index is 0.227. The molecule has 202 valence electrons. The molecule has 2 heterocycles. The summed E-state index contributed by atoms with van der Waals surface area (Å²) in [6.07, 6.45) is 2.56. The predicted octanol–water partition coefficient (Wildman–Crippen LogP) is 6.98. The van der Waals surface area contributed by atoms with Gasteiger partial charge in [-0.05, 0) is 53.3 Å². The zero-order valence-electron chi connectivity index (χ0n) is 22.5. The Morgan fingerprint density at radius 2 is 1.68 bits per heavy atom. The molecule has 0 saturated carbocycles. The molecule has 2 aromatic heterocycles. The summed E-state index contributed by atoms with van der Waals surface area (Å²) in [5, 5.41) is 12.5. The maximum Gasteiger partial charge on any atom is 0.408 e. The first-order chi connectivity index (χ1) is 19.4. The Morgan fingerprint density at radius 1 is 0.950 bits per heavy atom. The summed E-state index contributed by atoms with van der Waals surface area (Å²) in [4.78, 5) is 29.7. The third-order valence-electron chi connectivity index (χ3n) is 6.85.